The first kappa shape index (κ1) is 18.2. The second kappa shape index (κ2) is 6.47. The Morgan fingerprint density at radius 1 is 1.07 bits per heavy atom. The molecule has 0 saturated heterocycles. The molecule has 1 aliphatic carbocycles. The van der Waals surface area contributed by atoms with Crippen molar-refractivity contribution in [1.29, 1.82) is 0 Å². The van der Waals surface area contributed by atoms with Crippen LogP contribution in [0, 0.1) is 6.92 Å². The highest BCUT2D eigenvalue weighted by molar-refractivity contribution is 6.04. The predicted molar refractivity (Wildman–Crippen MR) is 94.9 cm³/mol. The summed E-state index contributed by atoms with van der Waals surface area (Å²) in [5.41, 5.74) is 2.30. The fourth-order valence-electron chi connectivity index (χ4n) is 3.08. The maximum atomic E-state index is 12.7. The second-order valence-corrected chi connectivity index (χ2v) is 6.90. The van der Waals surface area contributed by atoms with Gasteiger partial charge in [-0.3, -0.25) is 4.79 Å². The van der Waals surface area contributed by atoms with Crippen LogP contribution in [0.1, 0.15) is 46.0 Å². The summed E-state index contributed by atoms with van der Waals surface area (Å²) in [6.07, 6.45) is -3.42. The van der Waals surface area contributed by atoms with Crippen LogP contribution in [0.15, 0.2) is 53.1 Å². The maximum absolute atomic E-state index is 12.7. The Kier molecular flexibility index (Phi) is 4.21. The van der Waals surface area contributed by atoms with Gasteiger partial charge >= 0.3 is 12.1 Å². The minimum Gasteiger partial charge on any atom is -0.329 e. The Morgan fingerprint density at radius 3 is 2.25 bits per heavy atom. The zero-order valence-electron chi connectivity index (χ0n) is 14.9. The molecule has 0 radical (unpaired) electrons. The van der Waals surface area contributed by atoms with Crippen molar-refractivity contribution in [3.05, 3.63) is 76.9 Å². The number of anilines is 1. The predicted octanol–water partition coefficient (Wildman–Crippen LogP) is 4.73. The van der Waals surface area contributed by atoms with Crippen LogP contribution in [0.4, 0.5) is 18.9 Å². The number of halogens is 3. The minimum atomic E-state index is -4.67. The Balaban J connectivity index is 1.52. The first-order chi connectivity index (χ1) is 13.3. The molecular weight excluding hydrogens is 371 g/mol. The molecular formula is C20H16F3N3O2. The monoisotopic (exact) mass is 387 g/mol. The molecule has 0 bridgehead atoms. The smallest absolute Gasteiger partial charge is 0.329 e. The molecule has 4 rings (SSSR count). The number of hydrogen-bond acceptors (Lipinski definition) is 4. The molecule has 144 valence electrons. The van der Waals surface area contributed by atoms with Crippen LogP contribution >= 0.6 is 0 Å². The summed E-state index contributed by atoms with van der Waals surface area (Å²) in [7, 11) is 0. The number of nitrogens with zero attached hydrogens (tertiary/aromatic N) is 2. The van der Waals surface area contributed by atoms with Crippen LogP contribution < -0.4 is 5.32 Å². The van der Waals surface area contributed by atoms with Crippen molar-refractivity contribution in [3.63, 3.8) is 0 Å². The summed E-state index contributed by atoms with van der Waals surface area (Å²) < 4.78 is 42.5. The molecule has 8 heteroatoms. The van der Waals surface area contributed by atoms with E-state index in [1.54, 1.807) is 24.3 Å². The van der Waals surface area contributed by atoms with E-state index in [-0.39, 0.29) is 11.7 Å². The number of amides is 1. The van der Waals surface area contributed by atoms with Gasteiger partial charge in [0.05, 0.1) is 5.41 Å². The first-order valence-corrected chi connectivity index (χ1v) is 8.68. The number of hydrogen-bond donors (Lipinski definition) is 1. The van der Waals surface area contributed by atoms with Gasteiger partial charge in [-0.25, -0.2) is 0 Å². The van der Waals surface area contributed by atoms with Crippen LogP contribution in [0.2, 0.25) is 0 Å². The number of carbonyl (C=O) groups is 1. The lowest BCUT2D eigenvalue weighted by molar-refractivity contribution is -0.159. The average molecular weight is 387 g/mol. The lowest BCUT2D eigenvalue weighted by atomic mass is 9.94. The van der Waals surface area contributed by atoms with E-state index in [9.17, 15) is 18.0 Å². The van der Waals surface area contributed by atoms with E-state index in [0.717, 1.165) is 11.1 Å². The molecule has 1 N–H and O–H groups in total. The highest BCUT2D eigenvalue weighted by Gasteiger charge is 2.51. The fourth-order valence-corrected chi connectivity index (χ4v) is 3.08. The molecule has 0 unspecified atom stereocenters. The van der Waals surface area contributed by atoms with Crippen LogP contribution in [-0.4, -0.2) is 16.0 Å². The topological polar surface area (TPSA) is 68.0 Å². The first-order valence-electron chi connectivity index (χ1n) is 8.68. The van der Waals surface area contributed by atoms with Crippen molar-refractivity contribution in [3.8, 4) is 0 Å². The van der Waals surface area contributed by atoms with E-state index >= 15 is 0 Å². The summed E-state index contributed by atoms with van der Waals surface area (Å²) in [5.74, 6) is -1.58. The Hall–Kier alpha value is -3.16. The third-order valence-electron chi connectivity index (χ3n) is 4.86. The number of benzene rings is 2. The van der Waals surface area contributed by atoms with Crippen LogP contribution in [0.3, 0.4) is 0 Å². The quantitative estimate of drug-likeness (QED) is 0.703. The molecule has 5 nitrogen and oxygen atoms in total. The van der Waals surface area contributed by atoms with Gasteiger partial charge in [0.1, 0.15) is 0 Å². The summed E-state index contributed by atoms with van der Waals surface area (Å²) in [5, 5.41) is 6.34. The van der Waals surface area contributed by atoms with Crippen molar-refractivity contribution < 1.29 is 22.5 Å². The zero-order chi connectivity index (χ0) is 19.9. The van der Waals surface area contributed by atoms with Gasteiger partial charge in [-0.05, 0) is 49.6 Å². The van der Waals surface area contributed by atoms with Gasteiger partial charge in [-0.2, -0.15) is 18.2 Å². The number of nitrogens with one attached hydrogen (secondary N) is 1. The number of aryl methyl sites for hydroxylation is 1. The molecule has 3 aromatic rings. The van der Waals surface area contributed by atoms with Crippen molar-refractivity contribution in [2.24, 2.45) is 0 Å². The van der Waals surface area contributed by atoms with E-state index in [1.807, 2.05) is 31.2 Å². The van der Waals surface area contributed by atoms with Crippen molar-refractivity contribution in [1.82, 2.24) is 10.1 Å². The van der Waals surface area contributed by atoms with Crippen LogP contribution in [0.5, 0.6) is 0 Å². The Morgan fingerprint density at radius 2 is 1.71 bits per heavy atom. The molecule has 1 saturated carbocycles. The third-order valence-corrected chi connectivity index (χ3v) is 4.86. The second-order valence-electron chi connectivity index (χ2n) is 6.90. The van der Waals surface area contributed by atoms with Crippen LogP contribution in [0.25, 0.3) is 0 Å². The minimum absolute atomic E-state index is 0.0247. The summed E-state index contributed by atoms with van der Waals surface area (Å²) in [6.45, 7) is 1.96. The molecule has 1 fully saturated rings. The lowest BCUT2D eigenvalue weighted by Crippen LogP contribution is -2.14. The SMILES string of the molecule is Cc1ccc(NC(=O)c2ccc(C3(c4noc(C(F)(F)F)n4)CC3)cc2)cc1. The zero-order valence-corrected chi connectivity index (χ0v) is 14.9. The number of rotatable bonds is 4. The van der Waals surface area contributed by atoms with Gasteiger partial charge in [-0.1, -0.05) is 35.0 Å². The van der Waals surface area contributed by atoms with Crippen molar-refractivity contribution in [2.75, 3.05) is 5.32 Å². The average Bonchev–Trinajstić information content (AvgIpc) is 3.31. The standard InChI is InChI=1S/C20H16F3N3O2/c1-12-2-8-15(9-3-12)24-16(27)13-4-6-14(7-5-13)19(10-11-19)17-25-18(28-26-17)20(21,22)23/h2-9H,10-11H2,1H3,(H,24,27). The van der Waals surface area contributed by atoms with E-state index in [0.29, 0.717) is 24.1 Å². The van der Waals surface area contributed by atoms with E-state index in [4.69, 9.17) is 0 Å². The lowest BCUT2D eigenvalue weighted by Gasteiger charge is -2.12. The fraction of sp³-hybridized carbons (Fsp3) is 0.250. The van der Waals surface area contributed by atoms with Gasteiger partial charge in [0.15, 0.2) is 5.82 Å². The number of aromatic nitrogens is 2. The van der Waals surface area contributed by atoms with Gasteiger partial charge in [-0.15, -0.1) is 0 Å². The Bertz CT molecular complexity index is 1000. The molecule has 2 aromatic carbocycles. The van der Waals surface area contributed by atoms with E-state index in [1.165, 1.54) is 0 Å². The maximum Gasteiger partial charge on any atom is 0.471 e. The highest BCUT2D eigenvalue weighted by atomic mass is 19.4. The Labute approximate surface area is 158 Å². The number of carbonyl (C=O) groups excluding carboxylic acids is 1. The molecule has 1 heterocycles. The number of alkyl halides is 3. The normalized spacial score (nSPS) is 15.3. The van der Waals surface area contributed by atoms with Crippen molar-refractivity contribution >= 4 is 11.6 Å². The molecule has 0 spiro atoms. The third kappa shape index (κ3) is 3.37. The van der Waals surface area contributed by atoms with Gasteiger partial charge < -0.3 is 9.84 Å². The summed E-state index contributed by atoms with van der Waals surface area (Å²) in [4.78, 5) is 15.9. The highest BCUT2D eigenvalue weighted by Crippen LogP contribution is 2.52. The molecule has 1 aliphatic rings. The van der Waals surface area contributed by atoms with E-state index < -0.39 is 17.5 Å². The largest absolute Gasteiger partial charge is 0.471 e. The molecule has 1 amide bonds. The van der Waals surface area contributed by atoms with Crippen LogP contribution in [-0.2, 0) is 11.6 Å². The molecule has 1 aromatic heterocycles. The summed E-state index contributed by atoms with van der Waals surface area (Å²) >= 11 is 0. The molecule has 28 heavy (non-hydrogen) atoms. The molecule has 0 atom stereocenters. The van der Waals surface area contributed by atoms with Gasteiger partial charge in [0.25, 0.3) is 5.91 Å². The molecule has 0 aliphatic heterocycles. The van der Waals surface area contributed by atoms with E-state index in [2.05, 4.69) is 20.0 Å². The summed E-state index contributed by atoms with van der Waals surface area (Å²) in [6, 6.07) is 14.2. The van der Waals surface area contributed by atoms with Crippen molar-refractivity contribution in [2.45, 2.75) is 31.4 Å². The van der Waals surface area contributed by atoms with Gasteiger partial charge in [0, 0.05) is 11.3 Å². The van der Waals surface area contributed by atoms with Gasteiger partial charge in [0.2, 0.25) is 0 Å².